The molecule has 1 fully saturated rings. The van der Waals surface area contributed by atoms with E-state index in [0.717, 1.165) is 10.0 Å². The summed E-state index contributed by atoms with van der Waals surface area (Å²) in [7, 11) is 0. The summed E-state index contributed by atoms with van der Waals surface area (Å²) in [5.74, 6) is -0.321. The van der Waals surface area contributed by atoms with Gasteiger partial charge in [-0.05, 0) is 33.6 Å². The lowest BCUT2D eigenvalue weighted by Gasteiger charge is -2.34. The van der Waals surface area contributed by atoms with Crippen LogP contribution in [0.2, 0.25) is 0 Å². The van der Waals surface area contributed by atoms with Gasteiger partial charge in [-0.1, -0.05) is 19.3 Å². The van der Waals surface area contributed by atoms with Crippen molar-refractivity contribution in [2.45, 2.75) is 58.4 Å². The maximum Gasteiger partial charge on any atom is 0.358 e. The highest BCUT2D eigenvalue weighted by molar-refractivity contribution is 7.15. The molecule has 0 amide bonds. The zero-order chi connectivity index (χ0) is 13.9. The van der Waals surface area contributed by atoms with Crippen LogP contribution >= 0.6 is 11.3 Å². The molecule has 1 saturated carbocycles. The Bertz CT molecular complexity index is 450. The molecular weight excluding hydrogens is 260 g/mol. The Kier molecular flexibility index (Phi) is 4.45. The molecule has 5 heteroatoms. The number of aromatic nitrogens is 1. The summed E-state index contributed by atoms with van der Waals surface area (Å²) in [5, 5.41) is 4.35. The van der Waals surface area contributed by atoms with Crippen molar-refractivity contribution in [3.63, 3.8) is 0 Å². The summed E-state index contributed by atoms with van der Waals surface area (Å²) in [4.78, 5) is 17.1. The van der Waals surface area contributed by atoms with Gasteiger partial charge >= 0.3 is 5.97 Å². The van der Waals surface area contributed by atoms with Gasteiger partial charge in [0.05, 0.1) is 6.61 Å². The smallest absolute Gasteiger partial charge is 0.358 e. The van der Waals surface area contributed by atoms with Crippen LogP contribution in [0.15, 0.2) is 0 Å². The van der Waals surface area contributed by atoms with E-state index in [1.165, 1.54) is 43.4 Å². The molecule has 1 aromatic heterocycles. The number of nitrogens with one attached hydrogen (secondary N) is 1. The van der Waals surface area contributed by atoms with Crippen LogP contribution in [-0.2, 0) is 4.74 Å². The molecule has 1 aliphatic carbocycles. The van der Waals surface area contributed by atoms with Gasteiger partial charge in [0.2, 0.25) is 0 Å². The van der Waals surface area contributed by atoms with E-state index in [-0.39, 0.29) is 11.5 Å². The highest BCUT2D eigenvalue weighted by Crippen LogP contribution is 2.33. The molecule has 106 valence electrons. The predicted molar refractivity (Wildman–Crippen MR) is 77.9 cm³/mol. The minimum absolute atomic E-state index is 0.120. The van der Waals surface area contributed by atoms with Crippen LogP contribution in [0.3, 0.4) is 0 Å². The molecule has 19 heavy (non-hydrogen) atoms. The number of hydrogen-bond acceptors (Lipinski definition) is 5. The van der Waals surface area contributed by atoms with Gasteiger partial charge in [-0.3, -0.25) is 0 Å². The molecule has 0 unspecified atom stereocenters. The molecule has 1 N–H and O–H groups in total. The van der Waals surface area contributed by atoms with Crippen molar-refractivity contribution in [3.05, 3.63) is 10.6 Å². The number of anilines is 1. The lowest BCUT2D eigenvalue weighted by molar-refractivity contribution is 0.0519. The highest BCUT2D eigenvalue weighted by atomic mass is 32.1. The van der Waals surface area contributed by atoms with Gasteiger partial charge in [0.1, 0.15) is 0 Å². The van der Waals surface area contributed by atoms with E-state index < -0.39 is 0 Å². The van der Waals surface area contributed by atoms with Crippen molar-refractivity contribution in [1.82, 2.24) is 4.98 Å². The standard InChI is InChI=1S/C14H22N2O2S/c1-4-18-12(17)11-10(2)19-13(15-11)16-14(3)8-6-5-7-9-14/h4-9H2,1-3H3,(H,15,16). The number of rotatable bonds is 4. The van der Waals surface area contributed by atoms with Gasteiger partial charge < -0.3 is 10.1 Å². The van der Waals surface area contributed by atoms with Crippen molar-refractivity contribution >= 4 is 22.4 Å². The Labute approximate surface area is 118 Å². The maximum absolute atomic E-state index is 11.7. The minimum Gasteiger partial charge on any atom is -0.461 e. The average Bonchev–Trinajstić information content (AvgIpc) is 2.70. The van der Waals surface area contributed by atoms with Gasteiger partial charge in [0.15, 0.2) is 10.8 Å². The number of aryl methyl sites for hydroxylation is 1. The molecule has 0 saturated heterocycles. The summed E-state index contributed by atoms with van der Waals surface area (Å²) in [5.41, 5.74) is 0.572. The van der Waals surface area contributed by atoms with Gasteiger partial charge in [-0.2, -0.15) is 0 Å². The third-order valence-electron chi connectivity index (χ3n) is 3.63. The van der Waals surface area contributed by atoms with E-state index in [1.54, 1.807) is 0 Å². The van der Waals surface area contributed by atoms with Crippen molar-refractivity contribution in [2.75, 3.05) is 11.9 Å². The van der Waals surface area contributed by atoms with Crippen LogP contribution in [0.5, 0.6) is 0 Å². The van der Waals surface area contributed by atoms with E-state index in [9.17, 15) is 4.79 Å². The van der Waals surface area contributed by atoms with Crippen LogP contribution in [0.4, 0.5) is 5.13 Å². The number of carbonyl (C=O) groups excluding carboxylic acids is 1. The van der Waals surface area contributed by atoms with E-state index in [1.807, 2.05) is 13.8 Å². The zero-order valence-electron chi connectivity index (χ0n) is 11.9. The first-order chi connectivity index (χ1) is 9.04. The topological polar surface area (TPSA) is 51.2 Å². The Morgan fingerprint density at radius 3 is 2.74 bits per heavy atom. The number of carbonyl (C=O) groups is 1. The zero-order valence-corrected chi connectivity index (χ0v) is 12.7. The monoisotopic (exact) mass is 282 g/mol. The average molecular weight is 282 g/mol. The van der Waals surface area contributed by atoms with Crippen molar-refractivity contribution in [1.29, 1.82) is 0 Å². The molecule has 0 spiro atoms. The van der Waals surface area contributed by atoms with Crippen molar-refractivity contribution < 1.29 is 9.53 Å². The van der Waals surface area contributed by atoms with Crippen LogP contribution in [0.25, 0.3) is 0 Å². The van der Waals surface area contributed by atoms with Gasteiger partial charge in [0.25, 0.3) is 0 Å². The fourth-order valence-electron chi connectivity index (χ4n) is 2.55. The first kappa shape index (κ1) is 14.3. The number of thiazole rings is 1. The van der Waals surface area contributed by atoms with Gasteiger partial charge in [-0.15, -0.1) is 11.3 Å². The molecule has 1 aromatic rings. The first-order valence-electron chi connectivity index (χ1n) is 6.97. The SMILES string of the molecule is CCOC(=O)c1nc(NC2(C)CCCCC2)sc1C. The van der Waals surface area contributed by atoms with Gasteiger partial charge in [-0.25, -0.2) is 9.78 Å². The van der Waals surface area contributed by atoms with Crippen molar-refractivity contribution in [2.24, 2.45) is 0 Å². The Morgan fingerprint density at radius 1 is 1.42 bits per heavy atom. The Balaban J connectivity index is 2.09. The summed E-state index contributed by atoms with van der Waals surface area (Å²) in [6, 6.07) is 0. The second kappa shape index (κ2) is 5.90. The first-order valence-corrected chi connectivity index (χ1v) is 7.78. The minimum atomic E-state index is -0.321. The van der Waals surface area contributed by atoms with Crippen LogP contribution < -0.4 is 5.32 Å². The molecule has 2 rings (SSSR count). The number of hydrogen-bond donors (Lipinski definition) is 1. The van der Waals surface area contributed by atoms with E-state index in [0.29, 0.717) is 12.3 Å². The Hall–Kier alpha value is -1.10. The molecule has 1 heterocycles. The number of ether oxygens (including phenoxy) is 1. The van der Waals surface area contributed by atoms with E-state index in [2.05, 4.69) is 17.2 Å². The van der Waals surface area contributed by atoms with Crippen molar-refractivity contribution in [3.8, 4) is 0 Å². The fourth-order valence-corrected chi connectivity index (χ4v) is 3.50. The van der Waals surface area contributed by atoms with Crippen LogP contribution in [-0.4, -0.2) is 23.1 Å². The fraction of sp³-hybridized carbons (Fsp3) is 0.714. The third-order valence-corrected chi connectivity index (χ3v) is 4.52. The highest BCUT2D eigenvalue weighted by Gasteiger charge is 2.28. The summed E-state index contributed by atoms with van der Waals surface area (Å²) in [6.07, 6.45) is 6.18. The second-order valence-electron chi connectivity index (χ2n) is 5.39. The molecule has 0 atom stereocenters. The molecule has 1 aliphatic rings. The summed E-state index contributed by atoms with van der Waals surface area (Å²) < 4.78 is 5.01. The molecule has 0 aliphatic heterocycles. The van der Waals surface area contributed by atoms with Gasteiger partial charge in [0, 0.05) is 10.4 Å². The van der Waals surface area contributed by atoms with Crippen LogP contribution in [0.1, 0.15) is 61.3 Å². The number of esters is 1. The summed E-state index contributed by atoms with van der Waals surface area (Å²) in [6.45, 7) is 6.35. The maximum atomic E-state index is 11.7. The summed E-state index contributed by atoms with van der Waals surface area (Å²) >= 11 is 1.54. The lowest BCUT2D eigenvalue weighted by atomic mass is 9.83. The van der Waals surface area contributed by atoms with E-state index >= 15 is 0 Å². The lowest BCUT2D eigenvalue weighted by Crippen LogP contribution is -2.36. The second-order valence-corrected chi connectivity index (χ2v) is 6.59. The molecule has 4 nitrogen and oxygen atoms in total. The molecule has 0 bridgehead atoms. The largest absolute Gasteiger partial charge is 0.461 e. The number of nitrogens with zero attached hydrogens (tertiary/aromatic N) is 1. The van der Waals surface area contributed by atoms with Crippen LogP contribution in [0, 0.1) is 6.92 Å². The molecular formula is C14H22N2O2S. The molecule has 0 radical (unpaired) electrons. The van der Waals surface area contributed by atoms with E-state index in [4.69, 9.17) is 4.74 Å². The normalized spacial score (nSPS) is 18.1. The quantitative estimate of drug-likeness (QED) is 0.854. The molecule has 0 aromatic carbocycles. The predicted octanol–water partition coefficient (Wildman–Crippen LogP) is 3.76. The third kappa shape index (κ3) is 3.47. The Morgan fingerprint density at radius 2 is 2.11 bits per heavy atom.